The Morgan fingerprint density at radius 2 is 1.93 bits per heavy atom. The van der Waals surface area contributed by atoms with Gasteiger partial charge in [-0.15, -0.1) is 0 Å². The van der Waals surface area contributed by atoms with Crippen LogP contribution in [-0.4, -0.2) is 36.0 Å². The van der Waals surface area contributed by atoms with Crippen LogP contribution < -0.4 is 11.1 Å². The first-order chi connectivity index (χ1) is 12.8. The molecule has 0 saturated carbocycles. The minimum atomic E-state index is -1.45. The molecule has 1 heterocycles. The fourth-order valence-electron chi connectivity index (χ4n) is 2.88. The summed E-state index contributed by atoms with van der Waals surface area (Å²) in [7, 11) is 0. The van der Waals surface area contributed by atoms with Gasteiger partial charge in [-0.25, -0.2) is 4.79 Å². The van der Waals surface area contributed by atoms with Gasteiger partial charge in [0, 0.05) is 18.1 Å². The molecule has 10 heteroatoms. The molecule has 1 amide bonds. The van der Waals surface area contributed by atoms with Gasteiger partial charge in [0.25, 0.3) is 5.69 Å². The van der Waals surface area contributed by atoms with Crippen LogP contribution in [0.1, 0.15) is 25.3 Å². The summed E-state index contributed by atoms with van der Waals surface area (Å²) in [5.41, 5.74) is 5.60. The van der Waals surface area contributed by atoms with Crippen LogP contribution in [-0.2, 0) is 23.9 Å². The van der Waals surface area contributed by atoms with Crippen molar-refractivity contribution in [3.05, 3.63) is 51.3 Å². The van der Waals surface area contributed by atoms with E-state index in [1.807, 2.05) is 0 Å². The molecule has 2 rings (SSSR count). The molecule has 10 nitrogen and oxygen atoms in total. The van der Waals surface area contributed by atoms with Gasteiger partial charge in [-0.3, -0.25) is 19.7 Å². The zero-order chi connectivity index (χ0) is 20.1. The first-order valence-electron chi connectivity index (χ1n) is 8.20. The van der Waals surface area contributed by atoms with Gasteiger partial charge >= 0.3 is 11.9 Å². The lowest BCUT2D eigenvalue weighted by Gasteiger charge is -2.31. The molecule has 144 valence electrons. The predicted molar refractivity (Wildman–Crippen MR) is 91.9 cm³/mol. The highest BCUT2D eigenvalue weighted by Gasteiger charge is 2.46. The zero-order valence-corrected chi connectivity index (χ0v) is 14.8. The van der Waals surface area contributed by atoms with E-state index in [2.05, 4.69) is 5.32 Å². The highest BCUT2D eigenvalue weighted by atomic mass is 16.6. The van der Waals surface area contributed by atoms with Crippen LogP contribution in [0.15, 0.2) is 35.7 Å². The number of nitrogens with two attached hydrogens (primary N) is 1. The fourth-order valence-corrected chi connectivity index (χ4v) is 2.88. The third-order valence-electron chi connectivity index (χ3n) is 3.95. The molecular formula is C17H19N3O7. The van der Waals surface area contributed by atoms with Gasteiger partial charge in [0.15, 0.2) is 0 Å². The van der Waals surface area contributed by atoms with Gasteiger partial charge in [0.05, 0.1) is 23.7 Å². The predicted octanol–water partition coefficient (Wildman–Crippen LogP) is 0.721. The number of nitrogens with zero attached hydrogens (tertiary/aromatic N) is 1. The Labute approximate surface area is 154 Å². The fraction of sp³-hybridized carbons (Fsp3) is 0.353. The number of rotatable bonds is 6. The van der Waals surface area contributed by atoms with E-state index < -0.39 is 34.6 Å². The van der Waals surface area contributed by atoms with E-state index in [0.717, 1.165) is 0 Å². The molecule has 27 heavy (non-hydrogen) atoms. The number of carbonyl (C=O) groups excluding carboxylic acids is 3. The van der Waals surface area contributed by atoms with Crippen LogP contribution >= 0.6 is 0 Å². The molecule has 0 bridgehead atoms. The van der Waals surface area contributed by atoms with Crippen molar-refractivity contribution < 1.29 is 28.8 Å². The summed E-state index contributed by atoms with van der Waals surface area (Å²) in [6.07, 6.45) is 0. The average molecular weight is 377 g/mol. The van der Waals surface area contributed by atoms with Crippen molar-refractivity contribution in [3.63, 3.8) is 0 Å². The number of nitrogens with one attached hydrogen (secondary N) is 1. The number of amides is 1. The lowest BCUT2D eigenvalue weighted by Crippen LogP contribution is -2.48. The summed E-state index contributed by atoms with van der Waals surface area (Å²) >= 11 is 0. The Morgan fingerprint density at radius 3 is 2.52 bits per heavy atom. The SMILES string of the molecule is CCOC(=O)C1=C(N)NC(=O)C(C(=O)OCC)C1c1cccc([N+](=O)[O-])c1. The van der Waals surface area contributed by atoms with Crippen molar-refractivity contribution in [2.24, 2.45) is 11.7 Å². The Morgan fingerprint density at radius 1 is 1.26 bits per heavy atom. The van der Waals surface area contributed by atoms with Crippen LogP contribution in [0, 0.1) is 16.0 Å². The number of hydrogen-bond donors (Lipinski definition) is 2. The number of carbonyl (C=O) groups is 3. The number of nitro groups is 1. The molecular weight excluding hydrogens is 358 g/mol. The Balaban J connectivity index is 2.66. The molecule has 2 atom stereocenters. The van der Waals surface area contributed by atoms with Gasteiger partial charge in [0.2, 0.25) is 5.91 Å². The second-order valence-electron chi connectivity index (χ2n) is 5.60. The molecule has 0 saturated heterocycles. The number of hydrogen-bond acceptors (Lipinski definition) is 8. The number of esters is 2. The van der Waals surface area contributed by atoms with Crippen LogP contribution in [0.5, 0.6) is 0 Å². The van der Waals surface area contributed by atoms with Crippen LogP contribution in [0.3, 0.4) is 0 Å². The normalized spacial score (nSPS) is 19.3. The van der Waals surface area contributed by atoms with Crippen molar-refractivity contribution in [2.75, 3.05) is 13.2 Å². The molecule has 2 unspecified atom stereocenters. The van der Waals surface area contributed by atoms with E-state index in [-0.39, 0.29) is 35.9 Å². The average Bonchev–Trinajstić information content (AvgIpc) is 2.61. The standard InChI is InChI=1S/C17H19N3O7/c1-3-26-16(22)12-11(9-6-5-7-10(8-9)20(24)25)13(17(23)27-4-2)15(21)19-14(12)18/h5-8,11,13H,3-4,18H2,1-2H3,(H,19,21). The molecule has 1 aliphatic rings. The summed E-state index contributed by atoms with van der Waals surface area (Å²) in [6.45, 7) is 3.20. The van der Waals surface area contributed by atoms with Crippen LogP contribution in [0.25, 0.3) is 0 Å². The lowest BCUT2D eigenvalue weighted by atomic mass is 9.77. The first kappa shape index (κ1) is 19.9. The summed E-state index contributed by atoms with van der Waals surface area (Å²) in [5.74, 6) is -5.37. The van der Waals surface area contributed by atoms with E-state index >= 15 is 0 Å². The van der Waals surface area contributed by atoms with E-state index in [0.29, 0.717) is 0 Å². The van der Waals surface area contributed by atoms with E-state index in [9.17, 15) is 24.5 Å². The smallest absolute Gasteiger partial charge is 0.338 e. The summed E-state index contributed by atoms with van der Waals surface area (Å²) in [6, 6.07) is 5.29. The lowest BCUT2D eigenvalue weighted by molar-refractivity contribution is -0.384. The van der Waals surface area contributed by atoms with Gasteiger partial charge in [-0.05, 0) is 19.4 Å². The zero-order valence-electron chi connectivity index (χ0n) is 14.8. The van der Waals surface area contributed by atoms with Crippen molar-refractivity contribution in [2.45, 2.75) is 19.8 Å². The molecule has 1 aliphatic heterocycles. The van der Waals surface area contributed by atoms with Crippen molar-refractivity contribution in [1.29, 1.82) is 0 Å². The van der Waals surface area contributed by atoms with Crippen LogP contribution in [0.4, 0.5) is 5.69 Å². The number of nitro benzene ring substituents is 1. The quantitative estimate of drug-likeness (QED) is 0.318. The summed E-state index contributed by atoms with van der Waals surface area (Å²) in [4.78, 5) is 47.8. The molecule has 1 aromatic rings. The van der Waals surface area contributed by atoms with Crippen molar-refractivity contribution >= 4 is 23.5 Å². The third kappa shape index (κ3) is 4.05. The minimum absolute atomic E-state index is 0.0121. The molecule has 0 aromatic heterocycles. The Kier molecular flexibility index (Phi) is 6.11. The molecule has 0 aliphatic carbocycles. The number of benzene rings is 1. The number of non-ortho nitro benzene ring substituents is 1. The summed E-state index contributed by atoms with van der Waals surface area (Å²) in [5, 5.41) is 13.4. The maximum absolute atomic E-state index is 12.4. The largest absolute Gasteiger partial charge is 0.465 e. The molecule has 0 fully saturated rings. The van der Waals surface area contributed by atoms with E-state index in [1.165, 1.54) is 24.3 Å². The highest BCUT2D eigenvalue weighted by molar-refractivity contribution is 6.05. The monoisotopic (exact) mass is 377 g/mol. The van der Waals surface area contributed by atoms with Gasteiger partial charge < -0.3 is 20.5 Å². The van der Waals surface area contributed by atoms with Crippen LogP contribution in [0.2, 0.25) is 0 Å². The van der Waals surface area contributed by atoms with E-state index in [1.54, 1.807) is 13.8 Å². The second kappa shape index (κ2) is 8.30. The van der Waals surface area contributed by atoms with Crippen molar-refractivity contribution in [3.8, 4) is 0 Å². The Hall–Kier alpha value is -3.43. The minimum Gasteiger partial charge on any atom is -0.465 e. The molecule has 0 radical (unpaired) electrons. The second-order valence-corrected chi connectivity index (χ2v) is 5.60. The Bertz CT molecular complexity index is 818. The summed E-state index contributed by atoms with van der Waals surface area (Å²) < 4.78 is 9.95. The third-order valence-corrected chi connectivity index (χ3v) is 3.95. The topological polar surface area (TPSA) is 151 Å². The van der Waals surface area contributed by atoms with E-state index in [4.69, 9.17) is 15.2 Å². The maximum atomic E-state index is 12.4. The maximum Gasteiger partial charge on any atom is 0.338 e. The highest BCUT2D eigenvalue weighted by Crippen LogP contribution is 2.38. The van der Waals surface area contributed by atoms with Crippen molar-refractivity contribution in [1.82, 2.24) is 5.32 Å². The molecule has 3 N–H and O–H groups in total. The molecule has 0 spiro atoms. The number of ether oxygens (including phenoxy) is 2. The first-order valence-corrected chi connectivity index (χ1v) is 8.20. The van der Waals surface area contributed by atoms with Gasteiger partial charge in [0.1, 0.15) is 11.7 Å². The van der Waals surface area contributed by atoms with Gasteiger partial charge in [-0.2, -0.15) is 0 Å². The molecule has 1 aromatic carbocycles. The van der Waals surface area contributed by atoms with Gasteiger partial charge in [-0.1, -0.05) is 12.1 Å².